The summed E-state index contributed by atoms with van der Waals surface area (Å²) in [7, 11) is 3.27. The van der Waals surface area contributed by atoms with Gasteiger partial charge in [0.2, 0.25) is 0 Å². The molecule has 1 fully saturated rings. The van der Waals surface area contributed by atoms with Gasteiger partial charge in [0.05, 0.1) is 45.0 Å². The number of H-pyrrole nitrogens is 1. The van der Waals surface area contributed by atoms with Crippen LogP contribution in [0.5, 0.6) is 11.5 Å². The first-order valence-electron chi connectivity index (χ1n) is 13.3. The lowest BCUT2D eigenvalue weighted by atomic mass is 9.80. The van der Waals surface area contributed by atoms with Crippen molar-refractivity contribution in [2.24, 2.45) is 0 Å². The van der Waals surface area contributed by atoms with Gasteiger partial charge in [0, 0.05) is 6.42 Å². The Bertz CT molecular complexity index is 1620. The quantitative estimate of drug-likeness (QED) is 0.264. The fraction of sp³-hybridized carbons (Fsp3) is 0.258. The van der Waals surface area contributed by atoms with Crippen LogP contribution in [0.4, 0.5) is 0 Å². The number of benzene rings is 3. The van der Waals surface area contributed by atoms with Crippen molar-refractivity contribution >= 4 is 11.0 Å². The molecule has 0 unspecified atom stereocenters. The van der Waals surface area contributed by atoms with Gasteiger partial charge in [0.15, 0.2) is 11.7 Å². The summed E-state index contributed by atoms with van der Waals surface area (Å²) >= 11 is 0. The molecule has 41 heavy (non-hydrogen) atoms. The number of rotatable bonds is 9. The molecule has 0 bridgehead atoms. The topological polar surface area (TPSA) is 121 Å². The SMILES string of the molecule is COc1ccc(C(OC[C@@H]2C[C@@H](O)[C@H](n3cnc4c(=O)[nH]ncc43)O2)(c2ccccc2)c2ccc(OC)cc2)cc1. The van der Waals surface area contributed by atoms with Gasteiger partial charge in [0.25, 0.3) is 5.56 Å². The Hall–Kier alpha value is -4.51. The highest BCUT2D eigenvalue weighted by molar-refractivity contribution is 5.72. The maximum atomic E-state index is 12.1. The lowest BCUT2D eigenvalue weighted by molar-refractivity contribution is -0.0850. The van der Waals surface area contributed by atoms with Crippen LogP contribution in [0.25, 0.3) is 11.0 Å². The number of aromatic amines is 1. The van der Waals surface area contributed by atoms with E-state index in [-0.39, 0.29) is 12.1 Å². The predicted octanol–water partition coefficient (Wildman–Crippen LogP) is 3.79. The van der Waals surface area contributed by atoms with Crippen LogP contribution in [0.2, 0.25) is 0 Å². The molecular formula is C31H30N4O6. The third kappa shape index (κ3) is 4.86. The largest absolute Gasteiger partial charge is 0.497 e. The van der Waals surface area contributed by atoms with Crippen LogP contribution in [0.1, 0.15) is 29.3 Å². The zero-order valence-electron chi connectivity index (χ0n) is 22.6. The van der Waals surface area contributed by atoms with Gasteiger partial charge in [-0.15, -0.1) is 0 Å². The lowest BCUT2D eigenvalue weighted by Crippen LogP contribution is -2.35. The highest BCUT2D eigenvalue weighted by Gasteiger charge is 2.42. The molecule has 3 aromatic carbocycles. The number of fused-ring (bicyclic) bond motifs is 1. The van der Waals surface area contributed by atoms with E-state index in [9.17, 15) is 9.90 Å². The van der Waals surface area contributed by atoms with Gasteiger partial charge < -0.3 is 24.1 Å². The van der Waals surface area contributed by atoms with Crippen molar-refractivity contribution < 1.29 is 24.1 Å². The Labute approximate surface area is 236 Å². The summed E-state index contributed by atoms with van der Waals surface area (Å²) in [4.78, 5) is 16.3. The number of nitrogens with zero attached hydrogens (tertiary/aromatic N) is 3. The second kappa shape index (κ2) is 11.2. The minimum absolute atomic E-state index is 0.173. The van der Waals surface area contributed by atoms with Crippen molar-refractivity contribution in [2.45, 2.75) is 30.5 Å². The number of hydrogen-bond donors (Lipinski definition) is 2. The van der Waals surface area contributed by atoms with Crippen molar-refractivity contribution in [1.29, 1.82) is 0 Å². The highest BCUT2D eigenvalue weighted by atomic mass is 16.6. The minimum atomic E-state index is -1.01. The van der Waals surface area contributed by atoms with E-state index in [4.69, 9.17) is 18.9 Å². The lowest BCUT2D eigenvalue weighted by Gasteiger charge is -2.37. The number of imidazole rings is 1. The first kappa shape index (κ1) is 26.7. The number of hydrogen-bond acceptors (Lipinski definition) is 8. The van der Waals surface area contributed by atoms with Gasteiger partial charge in [-0.05, 0) is 41.0 Å². The Morgan fingerprint density at radius 1 is 0.951 bits per heavy atom. The average molecular weight is 555 g/mol. The fourth-order valence-electron chi connectivity index (χ4n) is 5.46. The van der Waals surface area contributed by atoms with E-state index in [0.717, 1.165) is 28.2 Å². The van der Waals surface area contributed by atoms with Crippen LogP contribution in [0.15, 0.2) is 96.2 Å². The maximum absolute atomic E-state index is 12.1. The van der Waals surface area contributed by atoms with Gasteiger partial charge in [0.1, 0.15) is 23.2 Å². The number of aromatic nitrogens is 4. The molecule has 0 saturated carbocycles. The van der Waals surface area contributed by atoms with Crippen molar-refractivity contribution in [1.82, 2.24) is 19.7 Å². The smallest absolute Gasteiger partial charge is 0.292 e. The summed E-state index contributed by atoms with van der Waals surface area (Å²) in [6.07, 6.45) is 1.29. The van der Waals surface area contributed by atoms with Gasteiger partial charge in [-0.3, -0.25) is 9.36 Å². The van der Waals surface area contributed by atoms with Crippen LogP contribution < -0.4 is 15.0 Å². The van der Waals surface area contributed by atoms with Gasteiger partial charge in [-0.2, -0.15) is 5.10 Å². The Balaban J connectivity index is 1.37. The molecule has 0 radical (unpaired) electrons. The van der Waals surface area contributed by atoms with Crippen molar-refractivity contribution in [3.05, 3.63) is 118 Å². The number of ether oxygens (including phenoxy) is 4. The Kier molecular flexibility index (Phi) is 7.27. The van der Waals surface area contributed by atoms with E-state index in [1.165, 1.54) is 12.5 Å². The van der Waals surface area contributed by atoms with Gasteiger partial charge in [-0.25, -0.2) is 10.1 Å². The molecule has 0 spiro atoms. The molecule has 3 heterocycles. The molecule has 10 heteroatoms. The van der Waals surface area contributed by atoms with Gasteiger partial charge >= 0.3 is 0 Å². The van der Waals surface area contributed by atoms with E-state index in [0.29, 0.717) is 11.9 Å². The van der Waals surface area contributed by atoms with Crippen LogP contribution in [-0.2, 0) is 15.1 Å². The molecule has 0 aliphatic carbocycles. The molecule has 6 rings (SSSR count). The second-order valence-electron chi connectivity index (χ2n) is 9.85. The van der Waals surface area contributed by atoms with E-state index in [1.54, 1.807) is 18.8 Å². The highest BCUT2D eigenvalue weighted by Crippen LogP contribution is 2.43. The zero-order chi connectivity index (χ0) is 28.4. The Morgan fingerprint density at radius 2 is 1.56 bits per heavy atom. The molecule has 5 aromatic rings. The summed E-state index contributed by atoms with van der Waals surface area (Å²) in [5, 5.41) is 17.2. The first-order valence-corrected chi connectivity index (χ1v) is 13.3. The summed E-state index contributed by atoms with van der Waals surface area (Å²) in [5.74, 6) is 1.47. The van der Waals surface area contributed by atoms with Crippen molar-refractivity contribution in [3.8, 4) is 11.5 Å². The van der Waals surface area contributed by atoms with Crippen LogP contribution in [0.3, 0.4) is 0 Å². The third-order valence-corrected chi connectivity index (χ3v) is 7.50. The van der Waals surface area contributed by atoms with Crippen LogP contribution in [0, 0.1) is 0 Å². The molecule has 3 atom stereocenters. The third-order valence-electron chi connectivity index (χ3n) is 7.50. The van der Waals surface area contributed by atoms with Crippen LogP contribution in [-0.4, -0.2) is 57.9 Å². The molecular weight excluding hydrogens is 524 g/mol. The number of aliphatic hydroxyl groups excluding tert-OH is 1. The number of methoxy groups -OCH3 is 2. The monoisotopic (exact) mass is 554 g/mol. The molecule has 210 valence electrons. The fourth-order valence-corrected chi connectivity index (χ4v) is 5.46. The molecule has 1 aliphatic rings. The van der Waals surface area contributed by atoms with E-state index in [1.807, 2.05) is 78.9 Å². The predicted molar refractivity (Wildman–Crippen MR) is 151 cm³/mol. The zero-order valence-corrected chi connectivity index (χ0v) is 22.6. The van der Waals surface area contributed by atoms with Gasteiger partial charge in [-0.1, -0.05) is 54.6 Å². The number of nitrogens with one attached hydrogen (secondary N) is 1. The second-order valence-corrected chi connectivity index (χ2v) is 9.85. The first-order chi connectivity index (χ1) is 20.0. The maximum Gasteiger partial charge on any atom is 0.292 e. The summed E-state index contributed by atoms with van der Waals surface area (Å²) in [6.45, 7) is 0.173. The Morgan fingerprint density at radius 3 is 2.17 bits per heavy atom. The summed E-state index contributed by atoms with van der Waals surface area (Å²) < 4.78 is 25.7. The van der Waals surface area contributed by atoms with E-state index in [2.05, 4.69) is 15.2 Å². The van der Waals surface area contributed by atoms with E-state index >= 15 is 0 Å². The van der Waals surface area contributed by atoms with Crippen molar-refractivity contribution in [3.63, 3.8) is 0 Å². The molecule has 1 aliphatic heterocycles. The molecule has 1 saturated heterocycles. The number of aliphatic hydroxyl groups is 1. The summed E-state index contributed by atoms with van der Waals surface area (Å²) in [5.41, 5.74) is 2.03. The van der Waals surface area contributed by atoms with Crippen LogP contribution >= 0.6 is 0 Å². The molecule has 10 nitrogen and oxygen atoms in total. The molecule has 2 N–H and O–H groups in total. The summed E-state index contributed by atoms with van der Waals surface area (Å²) in [6, 6.07) is 25.6. The minimum Gasteiger partial charge on any atom is -0.497 e. The standard InChI is InChI=1S/C31H30N4O6/c1-38-23-12-8-21(9-13-23)31(20-6-4-3-5-7-20,22-10-14-24(39-2)15-11-22)40-18-25-16-27(36)30(41-25)35-19-32-28-26(35)17-33-34-29(28)37/h3-15,17,19,25,27,30,36H,16,18H2,1-2H3,(H,34,37)/t25-,27+,30+/m0/s1. The van der Waals surface area contributed by atoms with Crippen molar-refractivity contribution in [2.75, 3.05) is 20.8 Å². The van der Waals surface area contributed by atoms with E-state index < -0.39 is 29.6 Å². The normalized spacial score (nSPS) is 19.0. The molecule has 2 aromatic heterocycles. The average Bonchev–Trinajstić information content (AvgIpc) is 3.62. The molecule has 0 amide bonds.